The van der Waals surface area contributed by atoms with E-state index < -0.39 is 0 Å². The van der Waals surface area contributed by atoms with Crippen molar-refractivity contribution in [1.82, 2.24) is 5.32 Å². The molecule has 1 unspecified atom stereocenters. The Labute approximate surface area is 103 Å². The minimum absolute atomic E-state index is 0.0283. The summed E-state index contributed by atoms with van der Waals surface area (Å²) in [6, 6.07) is 3.57. The maximum atomic E-state index is 13.8. The van der Waals surface area contributed by atoms with Crippen LogP contribution in [-0.4, -0.2) is 7.05 Å². The van der Waals surface area contributed by atoms with Gasteiger partial charge in [-0.3, -0.25) is 0 Å². The first-order valence-corrected chi connectivity index (χ1v) is 6.09. The molecular weight excluding hydrogens is 280 g/mol. The average Bonchev–Trinajstić information content (AvgIpc) is 2.24. The fourth-order valence-electron chi connectivity index (χ4n) is 1.55. The van der Waals surface area contributed by atoms with Gasteiger partial charge < -0.3 is 5.32 Å². The Kier molecular flexibility index (Phi) is 5.03. The molecule has 0 radical (unpaired) electrons. The Hall–Kier alpha value is -0.120. The van der Waals surface area contributed by atoms with Crippen molar-refractivity contribution in [3.8, 4) is 0 Å². The first-order valence-electron chi connectivity index (χ1n) is 4.92. The molecule has 0 saturated carbocycles. The molecule has 0 aromatic heterocycles. The van der Waals surface area contributed by atoms with Crippen LogP contribution in [0.3, 0.4) is 0 Å². The number of hydrogen-bond acceptors (Lipinski definition) is 1. The van der Waals surface area contributed by atoms with E-state index in [4.69, 9.17) is 11.6 Å². The highest BCUT2D eigenvalue weighted by Crippen LogP contribution is 2.31. The zero-order valence-electron chi connectivity index (χ0n) is 8.78. The molecule has 0 aliphatic heterocycles. The van der Waals surface area contributed by atoms with Gasteiger partial charge in [0.15, 0.2) is 0 Å². The molecule has 0 amide bonds. The molecule has 84 valence electrons. The Morgan fingerprint density at radius 1 is 1.53 bits per heavy atom. The molecule has 0 saturated heterocycles. The Balaban J connectivity index is 3.07. The lowest BCUT2D eigenvalue weighted by Crippen LogP contribution is -2.17. The van der Waals surface area contributed by atoms with Crippen molar-refractivity contribution in [2.24, 2.45) is 0 Å². The summed E-state index contributed by atoms with van der Waals surface area (Å²) in [4.78, 5) is 0. The highest BCUT2D eigenvalue weighted by molar-refractivity contribution is 9.10. The summed E-state index contributed by atoms with van der Waals surface area (Å²) in [6.07, 6.45) is 1.89. The Bertz CT molecular complexity index is 344. The fraction of sp³-hybridized carbons (Fsp3) is 0.455. The predicted molar refractivity (Wildman–Crippen MR) is 65.8 cm³/mol. The summed E-state index contributed by atoms with van der Waals surface area (Å²) < 4.78 is 14.4. The predicted octanol–water partition coefficient (Wildman–Crippen LogP) is 4.30. The second-order valence-electron chi connectivity index (χ2n) is 3.39. The smallest absolute Gasteiger partial charge is 0.147 e. The summed E-state index contributed by atoms with van der Waals surface area (Å²) in [5, 5.41) is 3.25. The molecule has 1 aromatic carbocycles. The summed E-state index contributed by atoms with van der Waals surface area (Å²) in [7, 11) is 1.83. The van der Waals surface area contributed by atoms with Crippen molar-refractivity contribution >= 4 is 27.5 Å². The van der Waals surface area contributed by atoms with E-state index in [2.05, 4.69) is 28.2 Å². The molecule has 1 atom stereocenters. The van der Waals surface area contributed by atoms with E-state index in [9.17, 15) is 4.39 Å². The first kappa shape index (κ1) is 12.9. The molecule has 0 heterocycles. The number of benzene rings is 1. The second kappa shape index (κ2) is 5.83. The van der Waals surface area contributed by atoms with Gasteiger partial charge in [0.05, 0.1) is 5.02 Å². The van der Waals surface area contributed by atoms with Crippen molar-refractivity contribution in [1.29, 1.82) is 0 Å². The van der Waals surface area contributed by atoms with Gasteiger partial charge in [-0.2, -0.15) is 0 Å². The van der Waals surface area contributed by atoms with E-state index in [1.54, 1.807) is 12.1 Å². The molecule has 1 N–H and O–H groups in total. The van der Waals surface area contributed by atoms with Crippen LogP contribution in [0.25, 0.3) is 0 Å². The monoisotopic (exact) mass is 293 g/mol. The lowest BCUT2D eigenvalue weighted by atomic mass is 10.0. The van der Waals surface area contributed by atoms with Crippen molar-refractivity contribution in [2.75, 3.05) is 7.05 Å². The van der Waals surface area contributed by atoms with E-state index in [0.29, 0.717) is 10.0 Å². The van der Waals surface area contributed by atoms with E-state index in [1.807, 2.05) is 7.05 Å². The summed E-state index contributed by atoms with van der Waals surface area (Å²) >= 11 is 9.03. The van der Waals surface area contributed by atoms with Gasteiger partial charge in [-0.25, -0.2) is 4.39 Å². The highest BCUT2D eigenvalue weighted by atomic mass is 79.9. The lowest BCUT2D eigenvalue weighted by molar-refractivity contribution is 0.504. The zero-order chi connectivity index (χ0) is 11.4. The van der Waals surface area contributed by atoms with Gasteiger partial charge in [0.2, 0.25) is 0 Å². The molecule has 1 aromatic rings. The molecule has 0 bridgehead atoms. The molecule has 0 spiro atoms. The Morgan fingerprint density at radius 3 is 2.73 bits per heavy atom. The van der Waals surface area contributed by atoms with E-state index in [0.717, 1.165) is 12.8 Å². The summed E-state index contributed by atoms with van der Waals surface area (Å²) in [6.45, 7) is 2.07. The van der Waals surface area contributed by atoms with Crippen LogP contribution in [0, 0.1) is 5.82 Å². The minimum atomic E-state index is -0.334. The van der Waals surface area contributed by atoms with E-state index >= 15 is 0 Å². The largest absolute Gasteiger partial charge is 0.313 e. The van der Waals surface area contributed by atoms with Gasteiger partial charge in [0.25, 0.3) is 0 Å². The van der Waals surface area contributed by atoms with Crippen LogP contribution in [0.4, 0.5) is 4.39 Å². The number of nitrogens with one attached hydrogen (secondary N) is 1. The summed E-state index contributed by atoms with van der Waals surface area (Å²) in [5.74, 6) is -0.334. The van der Waals surface area contributed by atoms with Crippen molar-refractivity contribution < 1.29 is 4.39 Å². The molecule has 1 nitrogen and oxygen atoms in total. The summed E-state index contributed by atoms with van der Waals surface area (Å²) in [5.41, 5.74) is 0.632. The SMILES string of the molecule is CCCC(NC)c1ccc(Br)c(Cl)c1F. The maximum Gasteiger partial charge on any atom is 0.147 e. The van der Waals surface area contributed by atoms with Crippen LogP contribution >= 0.6 is 27.5 Å². The normalized spacial score (nSPS) is 12.9. The number of rotatable bonds is 4. The first-order chi connectivity index (χ1) is 7.11. The minimum Gasteiger partial charge on any atom is -0.313 e. The topological polar surface area (TPSA) is 12.0 Å². The lowest BCUT2D eigenvalue weighted by Gasteiger charge is -2.17. The van der Waals surface area contributed by atoms with Crippen LogP contribution in [0.15, 0.2) is 16.6 Å². The fourth-order valence-corrected chi connectivity index (χ4v) is 2.03. The van der Waals surface area contributed by atoms with Gasteiger partial charge in [-0.15, -0.1) is 0 Å². The highest BCUT2D eigenvalue weighted by Gasteiger charge is 2.16. The van der Waals surface area contributed by atoms with Gasteiger partial charge in [-0.05, 0) is 35.5 Å². The molecular formula is C11H14BrClFN. The third-order valence-electron chi connectivity index (χ3n) is 2.37. The van der Waals surface area contributed by atoms with Crippen molar-refractivity contribution in [3.05, 3.63) is 33.0 Å². The maximum absolute atomic E-state index is 13.8. The zero-order valence-corrected chi connectivity index (χ0v) is 11.1. The van der Waals surface area contributed by atoms with Crippen LogP contribution in [-0.2, 0) is 0 Å². The van der Waals surface area contributed by atoms with Crippen LogP contribution in [0.5, 0.6) is 0 Å². The van der Waals surface area contributed by atoms with Gasteiger partial charge in [0.1, 0.15) is 5.82 Å². The molecule has 0 fully saturated rings. The van der Waals surface area contributed by atoms with Crippen molar-refractivity contribution in [3.63, 3.8) is 0 Å². The number of halogens is 3. The Morgan fingerprint density at radius 2 is 2.20 bits per heavy atom. The van der Waals surface area contributed by atoms with Crippen LogP contribution in [0.2, 0.25) is 5.02 Å². The molecule has 4 heteroatoms. The third kappa shape index (κ3) is 2.92. The van der Waals surface area contributed by atoms with Crippen LogP contribution in [0.1, 0.15) is 31.4 Å². The van der Waals surface area contributed by atoms with Crippen LogP contribution < -0.4 is 5.32 Å². The van der Waals surface area contributed by atoms with Gasteiger partial charge in [0, 0.05) is 16.1 Å². The van der Waals surface area contributed by atoms with Gasteiger partial charge in [-0.1, -0.05) is 31.0 Å². The molecule has 0 aliphatic rings. The molecule has 0 aliphatic carbocycles. The second-order valence-corrected chi connectivity index (χ2v) is 4.63. The molecule has 15 heavy (non-hydrogen) atoms. The quantitative estimate of drug-likeness (QED) is 0.816. The van der Waals surface area contributed by atoms with Crippen molar-refractivity contribution in [2.45, 2.75) is 25.8 Å². The third-order valence-corrected chi connectivity index (χ3v) is 3.62. The number of hydrogen-bond donors (Lipinski definition) is 1. The van der Waals surface area contributed by atoms with E-state index in [1.165, 1.54) is 0 Å². The van der Waals surface area contributed by atoms with Gasteiger partial charge >= 0.3 is 0 Å². The molecule has 1 rings (SSSR count). The van der Waals surface area contributed by atoms with E-state index in [-0.39, 0.29) is 16.9 Å². The average molecular weight is 295 g/mol. The standard InChI is InChI=1S/C11H14BrClFN/c1-3-4-9(15-2)7-5-6-8(12)10(13)11(7)14/h5-6,9,15H,3-4H2,1-2H3.